The third-order valence-corrected chi connectivity index (χ3v) is 6.02. The van der Waals surface area contributed by atoms with Gasteiger partial charge in [-0.3, -0.25) is 14.3 Å². The molecule has 1 aliphatic heterocycles. The minimum Gasteiger partial charge on any atom is -0.480 e. The topological polar surface area (TPSA) is 91.0 Å². The number of carbonyl (C=O) groups excluding carboxylic acids is 1. The Labute approximate surface area is 203 Å². The number of fused-ring (bicyclic) bond motifs is 1. The van der Waals surface area contributed by atoms with E-state index in [9.17, 15) is 22.8 Å². The molecule has 8 nitrogen and oxygen atoms in total. The molecule has 0 unspecified atom stereocenters. The molecule has 3 aromatic rings. The van der Waals surface area contributed by atoms with E-state index in [-0.39, 0.29) is 0 Å². The number of nitrogens with one attached hydrogen (secondary N) is 1. The maximum atomic E-state index is 15.3. The molecule has 0 fully saturated rings. The Balaban J connectivity index is 1.80. The number of hydrogen-bond donors (Lipinski definition) is 1. The Morgan fingerprint density at radius 1 is 1.17 bits per heavy atom. The van der Waals surface area contributed by atoms with Crippen molar-refractivity contribution in [1.82, 2.24) is 19.3 Å². The normalized spacial score (nSPS) is 14.3. The number of hydrogen-bond acceptors (Lipinski definition) is 5. The zero-order valence-electron chi connectivity index (χ0n) is 20.2. The van der Waals surface area contributed by atoms with Crippen molar-refractivity contribution in [2.75, 3.05) is 5.32 Å². The third-order valence-electron chi connectivity index (χ3n) is 6.02. The highest BCUT2D eigenvalue weighted by molar-refractivity contribution is 6.07. The van der Waals surface area contributed by atoms with E-state index < -0.39 is 46.7 Å². The largest absolute Gasteiger partial charge is 0.480 e. The molecule has 0 radical (unpaired) electrons. The molecule has 1 amide bonds. The highest BCUT2D eigenvalue weighted by Crippen LogP contribution is 2.31. The van der Waals surface area contributed by atoms with Gasteiger partial charge in [-0.25, -0.2) is 9.18 Å². The van der Waals surface area contributed by atoms with Crippen LogP contribution in [0.1, 0.15) is 52.9 Å². The van der Waals surface area contributed by atoms with Crippen molar-refractivity contribution >= 4 is 11.6 Å². The Morgan fingerprint density at radius 2 is 1.89 bits per heavy atom. The molecular formula is C24H25F4N5O3. The fourth-order valence-corrected chi connectivity index (χ4v) is 4.19. The molecule has 0 bridgehead atoms. The van der Waals surface area contributed by atoms with Gasteiger partial charge in [-0.2, -0.15) is 17.9 Å². The van der Waals surface area contributed by atoms with E-state index in [2.05, 4.69) is 15.4 Å². The molecule has 36 heavy (non-hydrogen) atoms. The van der Waals surface area contributed by atoms with Crippen molar-refractivity contribution in [2.45, 2.75) is 65.8 Å². The number of pyridine rings is 1. The Kier molecular flexibility index (Phi) is 6.63. The summed E-state index contributed by atoms with van der Waals surface area (Å²) in [5.74, 6) is -1.99. The molecule has 12 heteroatoms. The van der Waals surface area contributed by atoms with E-state index in [0.717, 1.165) is 42.3 Å². The number of aromatic nitrogens is 4. The van der Waals surface area contributed by atoms with Gasteiger partial charge in [0, 0.05) is 24.7 Å². The molecule has 1 atom stereocenters. The smallest absolute Gasteiger partial charge is 0.425 e. The van der Waals surface area contributed by atoms with Crippen molar-refractivity contribution in [1.29, 1.82) is 0 Å². The summed E-state index contributed by atoms with van der Waals surface area (Å²) < 4.78 is 62.4. The van der Waals surface area contributed by atoms with Crippen LogP contribution in [-0.4, -0.2) is 37.5 Å². The highest BCUT2D eigenvalue weighted by Gasteiger charge is 2.39. The number of amides is 1. The van der Waals surface area contributed by atoms with Crippen LogP contribution in [0.2, 0.25) is 0 Å². The fourth-order valence-electron chi connectivity index (χ4n) is 4.19. The van der Waals surface area contributed by atoms with Crippen LogP contribution in [-0.2, 0) is 13.0 Å². The molecule has 0 spiro atoms. The number of aryl methyl sites for hydroxylation is 4. The molecule has 2 aromatic heterocycles. The first-order chi connectivity index (χ1) is 16.9. The Hall–Kier alpha value is -3.70. The first kappa shape index (κ1) is 25.4. The average Bonchev–Trinajstić information content (AvgIpc) is 3.12. The number of rotatable bonds is 5. The van der Waals surface area contributed by atoms with E-state index in [4.69, 9.17) is 4.74 Å². The highest BCUT2D eigenvalue weighted by atomic mass is 19.4. The van der Waals surface area contributed by atoms with Crippen LogP contribution in [0, 0.1) is 26.6 Å². The summed E-state index contributed by atoms with van der Waals surface area (Å²) in [6, 6.07) is 3.38. The fraction of sp³-hybridized carbons (Fsp3) is 0.417. The van der Waals surface area contributed by atoms with Gasteiger partial charge in [0.05, 0.1) is 16.9 Å². The number of anilines is 1. The lowest BCUT2D eigenvalue weighted by atomic mass is 10.1. The van der Waals surface area contributed by atoms with Crippen LogP contribution in [0.15, 0.2) is 23.0 Å². The monoisotopic (exact) mass is 507 g/mol. The van der Waals surface area contributed by atoms with Gasteiger partial charge < -0.3 is 10.1 Å². The average molecular weight is 507 g/mol. The Morgan fingerprint density at radius 3 is 2.53 bits per heavy atom. The van der Waals surface area contributed by atoms with Gasteiger partial charge in [0.15, 0.2) is 6.10 Å². The number of halogens is 4. The summed E-state index contributed by atoms with van der Waals surface area (Å²) >= 11 is 0. The zero-order chi connectivity index (χ0) is 26.4. The van der Waals surface area contributed by atoms with Gasteiger partial charge in [0.25, 0.3) is 5.91 Å². The molecule has 192 valence electrons. The predicted molar refractivity (Wildman–Crippen MR) is 123 cm³/mol. The summed E-state index contributed by atoms with van der Waals surface area (Å²) in [6.45, 7) is 6.35. The maximum absolute atomic E-state index is 15.3. The quantitative estimate of drug-likeness (QED) is 0.517. The molecule has 0 saturated heterocycles. The number of benzene rings is 1. The van der Waals surface area contributed by atoms with Crippen LogP contribution in [0.4, 0.5) is 23.2 Å². The third kappa shape index (κ3) is 4.84. The van der Waals surface area contributed by atoms with Gasteiger partial charge in [-0.05, 0) is 58.2 Å². The molecule has 3 heterocycles. The minimum atomic E-state index is -4.75. The summed E-state index contributed by atoms with van der Waals surface area (Å²) in [6.07, 6.45) is -4.98. The van der Waals surface area contributed by atoms with Crippen molar-refractivity contribution in [3.8, 4) is 11.4 Å². The molecule has 4 rings (SSSR count). The van der Waals surface area contributed by atoms with Crippen LogP contribution in [0.5, 0.6) is 5.75 Å². The van der Waals surface area contributed by atoms with E-state index in [1.807, 2.05) is 0 Å². The summed E-state index contributed by atoms with van der Waals surface area (Å²) in [4.78, 5) is 30.2. The van der Waals surface area contributed by atoms with Gasteiger partial charge in [-0.15, -0.1) is 5.10 Å². The van der Waals surface area contributed by atoms with Crippen molar-refractivity contribution in [2.24, 2.45) is 0 Å². The van der Waals surface area contributed by atoms with Gasteiger partial charge >= 0.3 is 11.9 Å². The Bertz CT molecular complexity index is 1370. The van der Waals surface area contributed by atoms with E-state index in [0.29, 0.717) is 35.7 Å². The molecule has 0 saturated carbocycles. The lowest BCUT2D eigenvalue weighted by molar-refractivity contribution is -0.189. The van der Waals surface area contributed by atoms with E-state index >= 15 is 4.39 Å². The maximum Gasteiger partial charge on any atom is 0.425 e. The second-order valence-corrected chi connectivity index (χ2v) is 8.82. The molecular weight excluding hydrogens is 482 g/mol. The first-order valence-corrected chi connectivity index (χ1v) is 11.4. The summed E-state index contributed by atoms with van der Waals surface area (Å²) in [5.41, 5.74) is 0.729. The van der Waals surface area contributed by atoms with Gasteiger partial charge in [-0.1, -0.05) is 0 Å². The van der Waals surface area contributed by atoms with E-state index in [1.54, 1.807) is 26.8 Å². The zero-order valence-corrected chi connectivity index (χ0v) is 20.2. The van der Waals surface area contributed by atoms with Crippen molar-refractivity contribution < 1.29 is 27.1 Å². The first-order valence-electron chi connectivity index (χ1n) is 11.4. The minimum absolute atomic E-state index is 0.350. The second kappa shape index (κ2) is 9.40. The summed E-state index contributed by atoms with van der Waals surface area (Å²) in [7, 11) is 0. The lowest BCUT2D eigenvalue weighted by Crippen LogP contribution is -2.32. The van der Waals surface area contributed by atoms with Crippen molar-refractivity contribution in [3.63, 3.8) is 0 Å². The predicted octanol–water partition coefficient (Wildman–Crippen LogP) is 4.41. The van der Waals surface area contributed by atoms with Crippen molar-refractivity contribution in [3.05, 3.63) is 62.8 Å². The number of nitrogens with zero attached hydrogens (tertiary/aromatic N) is 4. The standard InChI is InChI=1S/C24H25F4N5O3/c1-12-9-13(2)29-14(3)21(12)30-22(34)16-10-17(25)18(11-19(16)36-15(4)24(26,27)28)33-23(35)32-8-6-5-7-20(32)31-33/h9-11,15H,5-8H2,1-4H3,(H,30,34)/t15-/m0/s1. The number of alkyl halides is 3. The van der Waals surface area contributed by atoms with Crippen LogP contribution in [0.3, 0.4) is 0 Å². The van der Waals surface area contributed by atoms with Crippen LogP contribution < -0.4 is 15.7 Å². The summed E-state index contributed by atoms with van der Waals surface area (Å²) in [5, 5.41) is 6.76. The number of carbonyl (C=O) groups is 1. The second-order valence-electron chi connectivity index (χ2n) is 8.82. The molecule has 1 aliphatic rings. The molecule has 0 aliphatic carbocycles. The molecule has 1 aromatic carbocycles. The SMILES string of the molecule is Cc1cc(C)c(NC(=O)c2cc(F)c(-n3nc4n(c3=O)CCCC4)cc2O[C@@H](C)C(F)(F)F)c(C)n1. The lowest BCUT2D eigenvalue weighted by Gasteiger charge is -2.21. The van der Waals surface area contributed by atoms with Gasteiger partial charge in [0.2, 0.25) is 0 Å². The van der Waals surface area contributed by atoms with Crippen LogP contribution >= 0.6 is 0 Å². The van der Waals surface area contributed by atoms with Gasteiger partial charge in [0.1, 0.15) is 23.1 Å². The number of ether oxygens (including phenoxy) is 1. The van der Waals surface area contributed by atoms with Crippen LogP contribution in [0.25, 0.3) is 5.69 Å². The van der Waals surface area contributed by atoms with E-state index in [1.165, 1.54) is 4.57 Å². The molecule has 1 N–H and O–H groups in total.